The first-order valence-electron chi connectivity index (χ1n) is 6.97. The zero-order valence-corrected chi connectivity index (χ0v) is 15.6. The minimum absolute atomic E-state index is 0.331. The Morgan fingerprint density at radius 2 is 1.88 bits per heavy atom. The van der Waals surface area contributed by atoms with Crippen LogP contribution in [0.5, 0.6) is 5.75 Å². The zero-order chi connectivity index (χ0) is 17.7. The smallest absolute Gasteiger partial charge is 0.245 e. The van der Waals surface area contributed by atoms with Gasteiger partial charge in [0.05, 0.1) is 19.1 Å². The van der Waals surface area contributed by atoms with E-state index in [9.17, 15) is 13.2 Å². The number of hydrogen-bond acceptors (Lipinski definition) is 4. The van der Waals surface area contributed by atoms with Crippen LogP contribution in [0.1, 0.15) is 0 Å². The molecule has 0 saturated heterocycles. The molecular formula is C16H17BrN2O4S. The second-order valence-electron chi connectivity index (χ2n) is 5.03. The molecule has 128 valence electrons. The van der Waals surface area contributed by atoms with Crippen molar-refractivity contribution in [3.05, 3.63) is 53.0 Å². The van der Waals surface area contributed by atoms with Crippen molar-refractivity contribution in [2.24, 2.45) is 0 Å². The lowest BCUT2D eigenvalue weighted by Gasteiger charge is -2.22. The average molecular weight is 413 g/mol. The summed E-state index contributed by atoms with van der Waals surface area (Å²) in [6.07, 6.45) is 1.05. The van der Waals surface area contributed by atoms with Gasteiger partial charge >= 0.3 is 0 Å². The van der Waals surface area contributed by atoms with Gasteiger partial charge in [-0.2, -0.15) is 0 Å². The standard InChI is InChI=1S/C16H17BrN2O4S/c1-23-15-5-3-4-14(10-15)19(24(2,21)22)11-16(20)18-13-8-6-12(17)7-9-13/h3-10H,11H2,1-2H3,(H,18,20). The highest BCUT2D eigenvalue weighted by molar-refractivity contribution is 9.10. The van der Waals surface area contributed by atoms with Crippen LogP contribution in [-0.4, -0.2) is 34.2 Å². The summed E-state index contributed by atoms with van der Waals surface area (Å²) >= 11 is 3.31. The third kappa shape index (κ3) is 4.97. The molecule has 0 radical (unpaired) electrons. The normalized spacial score (nSPS) is 11.0. The molecule has 0 spiro atoms. The largest absolute Gasteiger partial charge is 0.497 e. The number of ether oxygens (including phenoxy) is 1. The number of anilines is 2. The number of halogens is 1. The number of nitrogens with zero attached hydrogens (tertiary/aromatic N) is 1. The van der Waals surface area contributed by atoms with E-state index in [0.29, 0.717) is 17.1 Å². The predicted octanol–water partition coefficient (Wildman–Crippen LogP) is 2.86. The number of amides is 1. The summed E-state index contributed by atoms with van der Waals surface area (Å²) in [5.41, 5.74) is 0.949. The maximum atomic E-state index is 12.2. The lowest BCUT2D eigenvalue weighted by molar-refractivity contribution is -0.114. The number of carbonyl (C=O) groups is 1. The van der Waals surface area contributed by atoms with Gasteiger partial charge in [0.15, 0.2) is 0 Å². The summed E-state index contributed by atoms with van der Waals surface area (Å²) < 4.78 is 31.1. The van der Waals surface area contributed by atoms with E-state index >= 15 is 0 Å². The number of benzene rings is 2. The van der Waals surface area contributed by atoms with Gasteiger partial charge in [0.1, 0.15) is 12.3 Å². The van der Waals surface area contributed by atoms with Crippen molar-refractivity contribution >= 4 is 43.2 Å². The average Bonchev–Trinajstić information content (AvgIpc) is 2.54. The highest BCUT2D eigenvalue weighted by atomic mass is 79.9. The van der Waals surface area contributed by atoms with Gasteiger partial charge in [-0.25, -0.2) is 8.42 Å². The van der Waals surface area contributed by atoms with Crippen LogP contribution in [0.3, 0.4) is 0 Å². The van der Waals surface area contributed by atoms with Gasteiger partial charge in [-0.15, -0.1) is 0 Å². The SMILES string of the molecule is COc1cccc(N(CC(=O)Nc2ccc(Br)cc2)S(C)(=O)=O)c1. The molecule has 1 N–H and O–H groups in total. The number of sulfonamides is 1. The zero-order valence-electron chi connectivity index (χ0n) is 13.2. The van der Waals surface area contributed by atoms with Gasteiger partial charge in [0.25, 0.3) is 0 Å². The molecule has 0 atom stereocenters. The molecule has 24 heavy (non-hydrogen) atoms. The van der Waals surface area contributed by atoms with E-state index in [4.69, 9.17) is 4.74 Å². The molecule has 0 aliphatic heterocycles. The van der Waals surface area contributed by atoms with Crippen molar-refractivity contribution in [2.75, 3.05) is 29.5 Å². The molecule has 0 aliphatic rings. The van der Waals surface area contributed by atoms with Crippen LogP contribution in [0.15, 0.2) is 53.0 Å². The molecule has 0 heterocycles. The van der Waals surface area contributed by atoms with Crippen LogP contribution >= 0.6 is 15.9 Å². The van der Waals surface area contributed by atoms with Crippen LogP contribution in [0.2, 0.25) is 0 Å². The number of carbonyl (C=O) groups excluding carboxylic acids is 1. The summed E-state index contributed by atoms with van der Waals surface area (Å²) in [7, 11) is -2.14. The molecule has 1 amide bonds. The van der Waals surface area contributed by atoms with Gasteiger partial charge in [0, 0.05) is 16.2 Å². The van der Waals surface area contributed by atoms with E-state index < -0.39 is 15.9 Å². The Morgan fingerprint density at radius 1 is 1.21 bits per heavy atom. The number of rotatable bonds is 6. The first-order chi connectivity index (χ1) is 11.3. The Kier molecular flexibility index (Phi) is 5.84. The van der Waals surface area contributed by atoms with Crippen LogP contribution in [0.4, 0.5) is 11.4 Å². The molecule has 0 saturated carbocycles. The summed E-state index contributed by atoms with van der Waals surface area (Å²) in [4.78, 5) is 12.2. The second kappa shape index (κ2) is 7.67. The molecular weight excluding hydrogens is 396 g/mol. The summed E-state index contributed by atoms with van der Waals surface area (Å²) in [5.74, 6) is 0.0695. The summed E-state index contributed by atoms with van der Waals surface area (Å²) in [5, 5.41) is 2.67. The molecule has 0 aromatic heterocycles. The van der Waals surface area contributed by atoms with Gasteiger partial charge in [-0.05, 0) is 36.4 Å². The van der Waals surface area contributed by atoms with Gasteiger partial charge in [-0.3, -0.25) is 9.10 Å². The number of hydrogen-bond donors (Lipinski definition) is 1. The summed E-state index contributed by atoms with van der Waals surface area (Å²) in [6.45, 7) is -0.331. The molecule has 2 aromatic rings. The van der Waals surface area contributed by atoms with Crippen LogP contribution in [0.25, 0.3) is 0 Å². The van der Waals surface area contributed by atoms with Gasteiger partial charge < -0.3 is 10.1 Å². The Hall–Kier alpha value is -2.06. The molecule has 0 aliphatic carbocycles. The van der Waals surface area contributed by atoms with Crippen molar-refractivity contribution in [1.29, 1.82) is 0 Å². The third-order valence-electron chi connectivity index (χ3n) is 3.16. The van der Waals surface area contributed by atoms with Crippen LogP contribution < -0.4 is 14.4 Å². The number of methoxy groups -OCH3 is 1. The van der Waals surface area contributed by atoms with E-state index in [-0.39, 0.29) is 6.54 Å². The van der Waals surface area contributed by atoms with E-state index in [1.807, 2.05) is 0 Å². The van der Waals surface area contributed by atoms with Crippen molar-refractivity contribution in [2.45, 2.75) is 0 Å². The predicted molar refractivity (Wildman–Crippen MR) is 98.0 cm³/mol. The minimum atomic E-state index is -3.63. The lowest BCUT2D eigenvalue weighted by atomic mass is 10.3. The first kappa shape index (κ1) is 18.3. The van der Waals surface area contributed by atoms with Gasteiger partial charge in [-0.1, -0.05) is 22.0 Å². The Morgan fingerprint density at radius 3 is 2.46 bits per heavy atom. The topological polar surface area (TPSA) is 75.7 Å². The third-order valence-corrected chi connectivity index (χ3v) is 4.83. The fourth-order valence-electron chi connectivity index (χ4n) is 2.03. The van der Waals surface area contributed by atoms with E-state index in [2.05, 4.69) is 21.2 Å². The molecule has 8 heteroatoms. The van der Waals surface area contributed by atoms with Crippen molar-refractivity contribution < 1.29 is 17.9 Å². The molecule has 0 bridgehead atoms. The quantitative estimate of drug-likeness (QED) is 0.791. The summed E-state index contributed by atoms with van der Waals surface area (Å²) in [6, 6.07) is 13.5. The van der Waals surface area contributed by atoms with Crippen LogP contribution in [0, 0.1) is 0 Å². The highest BCUT2D eigenvalue weighted by Gasteiger charge is 2.21. The Labute approximate surface area is 149 Å². The van der Waals surface area contributed by atoms with E-state index in [1.54, 1.807) is 48.5 Å². The Bertz CT molecular complexity index is 822. The van der Waals surface area contributed by atoms with E-state index in [0.717, 1.165) is 15.0 Å². The molecule has 0 unspecified atom stereocenters. The van der Waals surface area contributed by atoms with Gasteiger partial charge in [0.2, 0.25) is 15.9 Å². The van der Waals surface area contributed by atoms with E-state index in [1.165, 1.54) is 7.11 Å². The fourth-order valence-corrected chi connectivity index (χ4v) is 3.14. The minimum Gasteiger partial charge on any atom is -0.497 e. The van der Waals surface area contributed by atoms with Crippen LogP contribution in [-0.2, 0) is 14.8 Å². The molecule has 2 rings (SSSR count). The van der Waals surface area contributed by atoms with Crippen molar-refractivity contribution in [3.8, 4) is 5.75 Å². The maximum absolute atomic E-state index is 12.2. The highest BCUT2D eigenvalue weighted by Crippen LogP contribution is 2.23. The monoisotopic (exact) mass is 412 g/mol. The van der Waals surface area contributed by atoms with Crippen molar-refractivity contribution in [1.82, 2.24) is 0 Å². The Balaban J connectivity index is 2.20. The maximum Gasteiger partial charge on any atom is 0.245 e. The fraction of sp³-hybridized carbons (Fsp3) is 0.188. The first-order valence-corrected chi connectivity index (χ1v) is 9.61. The molecule has 0 fully saturated rings. The lowest BCUT2D eigenvalue weighted by Crippen LogP contribution is -2.37. The molecule has 2 aromatic carbocycles. The van der Waals surface area contributed by atoms with Crippen molar-refractivity contribution in [3.63, 3.8) is 0 Å². The molecule has 6 nitrogen and oxygen atoms in total. The number of nitrogens with one attached hydrogen (secondary N) is 1. The second-order valence-corrected chi connectivity index (χ2v) is 7.85.